The lowest BCUT2D eigenvalue weighted by molar-refractivity contribution is -0.130. The maximum Gasteiger partial charge on any atom is 0.290 e. The van der Waals surface area contributed by atoms with Gasteiger partial charge in [0.15, 0.2) is 11.6 Å². The second kappa shape index (κ2) is 12.8. The average Bonchev–Trinajstić information content (AvgIpc) is 3.48. The van der Waals surface area contributed by atoms with Crippen LogP contribution in [0.15, 0.2) is 24.5 Å². The lowest BCUT2D eigenvalue weighted by Gasteiger charge is -2.27. The summed E-state index contributed by atoms with van der Waals surface area (Å²) in [5.74, 6) is 0.142. The molecule has 4 rings (SSSR count). The van der Waals surface area contributed by atoms with Crippen LogP contribution < -0.4 is 4.74 Å². The monoisotopic (exact) mass is 494 g/mol. The summed E-state index contributed by atoms with van der Waals surface area (Å²) in [6, 6.07) is 4.90. The van der Waals surface area contributed by atoms with Gasteiger partial charge in [0, 0.05) is 43.8 Å². The van der Waals surface area contributed by atoms with E-state index in [2.05, 4.69) is 14.9 Å². The first-order valence-corrected chi connectivity index (χ1v) is 10.8. The molecule has 2 aliphatic heterocycles. The molecule has 12 heteroatoms. The van der Waals surface area contributed by atoms with Crippen molar-refractivity contribution in [2.24, 2.45) is 11.3 Å². The largest absolute Gasteiger partial charge is 0.494 e. The van der Waals surface area contributed by atoms with Crippen molar-refractivity contribution in [3.63, 3.8) is 0 Å². The number of amides is 1. The summed E-state index contributed by atoms with van der Waals surface area (Å²) in [6.07, 6.45) is 1.89. The molecule has 2 unspecified atom stereocenters. The number of fused-ring (bicyclic) bond motifs is 1. The van der Waals surface area contributed by atoms with Gasteiger partial charge >= 0.3 is 0 Å². The van der Waals surface area contributed by atoms with Crippen molar-refractivity contribution in [2.45, 2.75) is 19.9 Å². The molecule has 0 radical (unpaired) electrons. The third-order valence-electron chi connectivity index (χ3n) is 6.37. The third kappa shape index (κ3) is 6.76. The third-order valence-corrected chi connectivity index (χ3v) is 6.37. The number of H-pyrrole nitrogens is 1. The Morgan fingerprint density at radius 1 is 1.29 bits per heavy atom. The number of carbonyl (C=O) groups excluding carboxylic acids is 1. The summed E-state index contributed by atoms with van der Waals surface area (Å²) in [5, 5.41) is 24.0. The Balaban J connectivity index is 0.000000655. The van der Waals surface area contributed by atoms with Crippen molar-refractivity contribution >= 4 is 18.9 Å². The van der Waals surface area contributed by atoms with Crippen LogP contribution in [0.1, 0.15) is 17.0 Å². The molecule has 35 heavy (non-hydrogen) atoms. The molecule has 1 aromatic carbocycles. The molecule has 0 spiro atoms. The van der Waals surface area contributed by atoms with Crippen molar-refractivity contribution < 1.29 is 38.8 Å². The maximum absolute atomic E-state index is 13.7. The lowest BCUT2D eigenvalue weighted by atomic mass is 9.82. The zero-order valence-electron chi connectivity index (χ0n) is 19.7. The predicted octanol–water partition coefficient (Wildman–Crippen LogP) is 0.763. The number of carboxylic acid groups (broad SMARTS) is 2. The number of methoxy groups -OCH3 is 1. The predicted molar refractivity (Wildman–Crippen MR) is 122 cm³/mol. The van der Waals surface area contributed by atoms with E-state index >= 15 is 0 Å². The van der Waals surface area contributed by atoms with Gasteiger partial charge < -0.3 is 29.9 Å². The molecule has 192 valence electrons. The highest BCUT2D eigenvalue weighted by molar-refractivity contribution is 5.79. The second-order valence-electron chi connectivity index (χ2n) is 8.49. The summed E-state index contributed by atoms with van der Waals surface area (Å²) < 4.78 is 18.7. The number of rotatable bonds is 6. The molecule has 3 heterocycles. The first-order chi connectivity index (χ1) is 16.8. The van der Waals surface area contributed by atoms with Gasteiger partial charge in [0.2, 0.25) is 5.91 Å². The van der Waals surface area contributed by atoms with E-state index in [0.29, 0.717) is 26.2 Å². The number of ether oxygens (including phenoxy) is 1. The number of likely N-dealkylation sites (tertiary alicyclic amines) is 2. The van der Waals surface area contributed by atoms with Crippen LogP contribution >= 0.6 is 0 Å². The molecule has 0 saturated carbocycles. The molecule has 0 bridgehead atoms. The second-order valence-corrected chi connectivity index (χ2v) is 8.49. The number of hydrogen-bond acceptors (Lipinski definition) is 7. The van der Waals surface area contributed by atoms with E-state index < -0.39 is 0 Å². The molecule has 2 atom stereocenters. The van der Waals surface area contributed by atoms with Gasteiger partial charge in [0.05, 0.1) is 32.2 Å². The molecule has 1 amide bonds. The van der Waals surface area contributed by atoms with Gasteiger partial charge in [0.25, 0.3) is 12.9 Å². The fourth-order valence-electron chi connectivity index (χ4n) is 4.71. The Kier molecular flexibility index (Phi) is 10.2. The minimum Gasteiger partial charge on any atom is -0.494 e. The van der Waals surface area contributed by atoms with E-state index in [0.717, 1.165) is 23.5 Å². The van der Waals surface area contributed by atoms with E-state index in [-0.39, 0.29) is 54.8 Å². The van der Waals surface area contributed by atoms with E-state index in [9.17, 15) is 14.3 Å². The van der Waals surface area contributed by atoms with E-state index in [4.69, 9.17) is 24.5 Å². The number of aromatic nitrogens is 2. The molecule has 2 aromatic rings. The van der Waals surface area contributed by atoms with Crippen LogP contribution in [0.2, 0.25) is 0 Å². The quantitative estimate of drug-likeness (QED) is 0.426. The number of hydrogen-bond donors (Lipinski definition) is 4. The molecule has 0 aliphatic carbocycles. The van der Waals surface area contributed by atoms with Gasteiger partial charge in [-0.3, -0.25) is 19.3 Å². The highest BCUT2D eigenvalue weighted by atomic mass is 19.1. The van der Waals surface area contributed by atoms with E-state index in [1.807, 2.05) is 11.8 Å². The van der Waals surface area contributed by atoms with Gasteiger partial charge in [-0.2, -0.15) is 0 Å². The van der Waals surface area contributed by atoms with Gasteiger partial charge in [-0.25, -0.2) is 9.37 Å². The molecule has 2 fully saturated rings. The number of carbonyl (C=O) groups is 3. The normalized spacial score (nSPS) is 20.7. The van der Waals surface area contributed by atoms with Crippen molar-refractivity contribution in [3.8, 4) is 5.75 Å². The zero-order chi connectivity index (χ0) is 26.0. The van der Waals surface area contributed by atoms with Crippen LogP contribution in [0.5, 0.6) is 5.75 Å². The van der Waals surface area contributed by atoms with Gasteiger partial charge in [-0.1, -0.05) is 6.07 Å². The highest BCUT2D eigenvalue weighted by Gasteiger charge is 2.52. The van der Waals surface area contributed by atoms with E-state index in [1.54, 1.807) is 18.5 Å². The van der Waals surface area contributed by atoms with Crippen molar-refractivity contribution in [1.29, 1.82) is 0 Å². The Morgan fingerprint density at radius 3 is 2.51 bits per heavy atom. The van der Waals surface area contributed by atoms with E-state index in [1.165, 1.54) is 13.2 Å². The van der Waals surface area contributed by atoms with Crippen LogP contribution in [0.25, 0.3) is 0 Å². The van der Waals surface area contributed by atoms with Gasteiger partial charge in [-0.15, -0.1) is 0 Å². The first-order valence-electron chi connectivity index (χ1n) is 10.8. The zero-order valence-corrected chi connectivity index (χ0v) is 19.7. The van der Waals surface area contributed by atoms with Crippen LogP contribution in [0, 0.1) is 24.1 Å². The maximum atomic E-state index is 13.7. The average molecular weight is 495 g/mol. The number of aliphatic hydroxyl groups is 1. The summed E-state index contributed by atoms with van der Waals surface area (Å²) in [7, 11) is 1.46. The van der Waals surface area contributed by atoms with Crippen LogP contribution in [0.3, 0.4) is 0 Å². The fraction of sp³-hybridized carbons (Fsp3) is 0.478. The number of aromatic amines is 1. The van der Waals surface area contributed by atoms with Crippen LogP contribution in [0.4, 0.5) is 4.39 Å². The lowest BCUT2D eigenvalue weighted by Crippen LogP contribution is -2.39. The smallest absolute Gasteiger partial charge is 0.290 e. The molecule has 4 N–H and O–H groups in total. The highest BCUT2D eigenvalue weighted by Crippen LogP contribution is 2.43. The number of aliphatic hydroxyl groups excluding tert-OH is 1. The molecular weight excluding hydrogens is 463 g/mol. The number of benzene rings is 1. The summed E-state index contributed by atoms with van der Waals surface area (Å²) >= 11 is 0. The summed E-state index contributed by atoms with van der Waals surface area (Å²) in [6.45, 7) is 4.82. The number of nitrogens with one attached hydrogen (secondary N) is 1. The standard InChI is InChI=1S/C21H27FN4O3.2CH2O2/c1-14-18(24-13-23-14)6-20(28)26-9-16-8-25(10-21(16,11-26)12-27)7-15-3-4-17(22)19(5-15)29-2;2*2-1-3/h3-5,13,16,27H,6-12H2,1-2H3,(H,23,24);2*1H,(H,2,3). The summed E-state index contributed by atoms with van der Waals surface area (Å²) in [4.78, 5) is 40.8. The molecule has 2 aliphatic rings. The Morgan fingerprint density at radius 2 is 1.97 bits per heavy atom. The SMILES string of the molecule is COc1cc(CN2CC3CN(C(=O)Cc4nc[nH]c4C)CC3(CO)C2)ccc1F.O=CO.O=CO. The Hall–Kier alpha value is -3.51. The number of halogens is 1. The number of aryl methyl sites for hydroxylation is 1. The first kappa shape index (κ1) is 27.7. The Labute approximate surface area is 202 Å². The summed E-state index contributed by atoms with van der Waals surface area (Å²) in [5.41, 5.74) is 2.35. The van der Waals surface area contributed by atoms with Gasteiger partial charge in [-0.05, 0) is 30.5 Å². The van der Waals surface area contributed by atoms with Crippen molar-refractivity contribution in [1.82, 2.24) is 19.8 Å². The number of imidazole rings is 1. The minimum absolute atomic E-state index is 0.0477. The molecular formula is C23H31FN4O7. The topological polar surface area (TPSA) is 156 Å². The van der Waals surface area contributed by atoms with Crippen LogP contribution in [-0.2, 0) is 27.3 Å². The number of nitrogens with zero attached hydrogens (tertiary/aromatic N) is 3. The molecule has 1 aromatic heterocycles. The van der Waals surface area contributed by atoms with Crippen molar-refractivity contribution in [3.05, 3.63) is 47.3 Å². The fourth-order valence-corrected chi connectivity index (χ4v) is 4.71. The van der Waals surface area contributed by atoms with Gasteiger partial charge in [0.1, 0.15) is 0 Å². The Bertz CT molecular complexity index is 996. The molecule has 11 nitrogen and oxygen atoms in total. The molecule has 2 saturated heterocycles. The van der Waals surface area contributed by atoms with Crippen LogP contribution in [-0.4, -0.2) is 93.8 Å². The minimum atomic E-state index is -0.373. The van der Waals surface area contributed by atoms with Crippen molar-refractivity contribution in [2.75, 3.05) is 39.9 Å².